The van der Waals surface area contributed by atoms with Gasteiger partial charge in [0.2, 0.25) is 5.91 Å². The van der Waals surface area contributed by atoms with E-state index in [1.807, 2.05) is 18.2 Å². The van der Waals surface area contributed by atoms with Gasteiger partial charge in [0.05, 0.1) is 6.04 Å². The normalized spacial score (nSPS) is 18.9. The van der Waals surface area contributed by atoms with Crippen LogP contribution >= 0.6 is 0 Å². The number of rotatable bonds is 2. The van der Waals surface area contributed by atoms with Gasteiger partial charge in [-0.15, -0.1) is 0 Å². The van der Waals surface area contributed by atoms with Crippen LogP contribution in [0.2, 0.25) is 0 Å². The fraction of sp³-hybridized carbons (Fsp3) is 0.235. The van der Waals surface area contributed by atoms with Crippen molar-refractivity contribution in [1.82, 2.24) is 5.32 Å². The van der Waals surface area contributed by atoms with Crippen molar-refractivity contribution in [3.8, 4) is 11.1 Å². The van der Waals surface area contributed by atoms with Crippen LogP contribution in [0.3, 0.4) is 0 Å². The summed E-state index contributed by atoms with van der Waals surface area (Å²) < 4.78 is 0. The summed E-state index contributed by atoms with van der Waals surface area (Å²) in [4.78, 5) is 11.4. The molecule has 0 spiro atoms. The molecule has 0 aromatic heterocycles. The first-order chi connectivity index (χ1) is 9.33. The van der Waals surface area contributed by atoms with Crippen molar-refractivity contribution >= 4 is 5.91 Å². The summed E-state index contributed by atoms with van der Waals surface area (Å²) in [7, 11) is 0. The Hall–Kier alpha value is -2.09. The van der Waals surface area contributed by atoms with Crippen molar-refractivity contribution < 1.29 is 4.79 Å². The predicted molar refractivity (Wildman–Crippen MR) is 76.6 cm³/mol. The Balaban J connectivity index is 1.81. The van der Waals surface area contributed by atoms with E-state index in [1.54, 1.807) is 0 Å². The van der Waals surface area contributed by atoms with Crippen LogP contribution in [0.5, 0.6) is 0 Å². The molecule has 0 unspecified atom stereocenters. The monoisotopic (exact) mass is 251 g/mol. The maximum Gasteiger partial charge on any atom is 0.220 e. The third-order valence-corrected chi connectivity index (χ3v) is 3.65. The van der Waals surface area contributed by atoms with Crippen LogP contribution in [-0.4, -0.2) is 5.91 Å². The van der Waals surface area contributed by atoms with Crippen LogP contribution < -0.4 is 5.32 Å². The number of nitrogens with one attached hydrogen (secondary N) is 1. The highest BCUT2D eigenvalue weighted by Gasteiger charge is 2.19. The third-order valence-electron chi connectivity index (χ3n) is 3.65. The molecule has 3 rings (SSSR count). The minimum atomic E-state index is 0.170. The molecule has 1 aliphatic rings. The first-order valence-electron chi connectivity index (χ1n) is 6.78. The lowest BCUT2D eigenvalue weighted by Gasteiger charge is -2.23. The van der Waals surface area contributed by atoms with Crippen molar-refractivity contribution in [2.75, 3.05) is 0 Å². The predicted octanol–water partition coefficient (Wildman–Crippen LogP) is 3.69. The fourth-order valence-corrected chi connectivity index (χ4v) is 2.59. The van der Waals surface area contributed by atoms with E-state index in [0.29, 0.717) is 6.42 Å². The van der Waals surface area contributed by atoms with Gasteiger partial charge in [0.25, 0.3) is 0 Å². The Bertz CT molecular complexity index is 560. The smallest absolute Gasteiger partial charge is 0.220 e. The summed E-state index contributed by atoms with van der Waals surface area (Å²) in [5.41, 5.74) is 3.64. The van der Waals surface area contributed by atoms with Crippen molar-refractivity contribution in [3.05, 3.63) is 60.2 Å². The molecule has 0 saturated carbocycles. The van der Waals surface area contributed by atoms with Crippen molar-refractivity contribution in [1.29, 1.82) is 0 Å². The minimum absolute atomic E-state index is 0.170. The topological polar surface area (TPSA) is 29.1 Å². The highest BCUT2D eigenvalue weighted by molar-refractivity contribution is 5.77. The summed E-state index contributed by atoms with van der Waals surface area (Å²) in [6.07, 6.45) is 2.69. The Kier molecular flexibility index (Phi) is 3.32. The van der Waals surface area contributed by atoms with Gasteiger partial charge >= 0.3 is 0 Å². The molecular weight excluding hydrogens is 234 g/mol. The van der Waals surface area contributed by atoms with Gasteiger partial charge in [-0.25, -0.2) is 0 Å². The van der Waals surface area contributed by atoms with Crippen molar-refractivity contribution in [2.24, 2.45) is 0 Å². The van der Waals surface area contributed by atoms with Crippen LogP contribution in [0.15, 0.2) is 54.6 Å². The molecule has 0 bridgehead atoms. The average molecular weight is 251 g/mol. The number of carbonyl (C=O) groups is 1. The maximum absolute atomic E-state index is 11.4. The van der Waals surface area contributed by atoms with E-state index in [1.165, 1.54) is 16.7 Å². The first kappa shape index (κ1) is 12.0. The van der Waals surface area contributed by atoms with Crippen LogP contribution in [0.4, 0.5) is 0 Å². The summed E-state index contributed by atoms with van der Waals surface area (Å²) in [6, 6.07) is 19.0. The minimum Gasteiger partial charge on any atom is -0.349 e. The van der Waals surface area contributed by atoms with Gasteiger partial charge in [-0.05, 0) is 29.5 Å². The molecule has 2 heteroatoms. The van der Waals surface area contributed by atoms with Gasteiger partial charge in [-0.2, -0.15) is 0 Å². The van der Waals surface area contributed by atoms with Crippen molar-refractivity contribution in [3.63, 3.8) is 0 Å². The van der Waals surface area contributed by atoms with Gasteiger partial charge < -0.3 is 5.32 Å². The molecule has 2 nitrogen and oxygen atoms in total. The zero-order valence-electron chi connectivity index (χ0n) is 10.8. The van der Waals surface area contributed by atoms with Gasteiger partial charge in [0.15, 0.2) is 0 Å². The quantitative estimate of drug-likeness (QED) is 0.866. The molecule has 1 amide bonds. The van der Waals surface area contributed by atoms with Crippen molar-refractivity contribution in [2.45, 2.75) is 25.3 Å². The lowest BCUT2D eigenvalue weighted by atomic mass is 9.95. The fourth-order valence-electron chi connectivity index (χ4n) is 2.59. The highest BCUT2D eigenvalue weighted by atomic mass is 16.1. The Morgan fingerprint density at radius 2 is 1.58 bits per heavy atom. The highest BCUT2D eigenvalue weighted by Crippen LogP contribution is 2.26. The molecule has 1 saturated heterocycles. The van der Waals surface area contributed by atoms with Gasteiger partial charge in [-0.3, -0.25) is 4.79 Å². The summed E-state index contributed by atoms with van der Waals surface area (Å²) >= 11 is 0. The molecule has 2 aromatic carbocycles. The molecule has 0 aliphatic carbocycles. The zero-order valence-corrected chi connectivity index (χ0v) is 10.8. The maximum atomic E-state index is 11.4. The number of amides is 1. The standard InChI is InChI=1S/C17H17NO/c19-17-8-4-7-16(18-17)15-11-9-14(10-12-15)13-5-2-1-3-6-13/h1-3,5-6,9-12,16H,4,7-8H2,(H,18,19)/t16-/m1/s1. The van der Waals surface area contributed by atoms with E-state index in [4.69, 9.17) is 0 Å². The molecule has 96 valence electrons. The molecular formula is C17H17NO. The van der Waals surface area contributed by atoms with Gasteiger partial charge in [-0.1, -0.05) is 54.6 Å². The molecule has 0 radical (unpaired) electrons. The molecule has 2 aromatic rings. The third kappa shape index (κ3) is 2.68. The number of hydrogen-bond donors (Lipinski definition) is 1. The SMILES string of the molecule is O=C1CCC[C@H](c2ccc(-c3ccccc3)cc2)N1. The molecule has 1 aliphatic heterocycles. The lowest BCUT2D eigenvalue weighted by Crippen LogP contribution is -2.32. The van der Waals surface area contributed by atoms with Crippen LogP contribution in [-0.2, 0) is 4.79 Å². The molecule has 1 N–H and O–H groups in total. The Morgan fingerprint density at radius 3 is 2.26 bits per heavy atom. The van der Waals surface area contributed by atoms with E-state index < -0.39 is 0 Å². The number of piperidine rings is 1. The summed E-state index contributed by atoms with van der Waals surface area (Å²) in [6.45, 7) is 0. The van der Waals surface area contributed by atoms with E-state index >= 15 is 0 Å². The summed E-state index contributed by atoms with van der Waals surface area (Å²) in [5.74, 6) is 0.170. The van der Waals surface area contributed by atoms with Crippen LogP contribution in [0, 0.1) is 0 Å². The van der Waals surface area contributed by atoms with E-state index in [9.17, 15) is 4.79 Å². The first-order valence-corrected chi connectivity index (χ1v) is 6.78. The Labute approximate surface area is 113 Å². The molecule has 1 atom stereocenters. The lowest BCUT2D eigenvalue weighted by molar-refractivity contribution is -0.123. The van der Waals surface area contributed by atoms with E-state index in [-0.39, 0.29) is 11.9 Å². The van der Waals surface area contributed by atoms with E-state index in [2.05, 4.69) is 41.7 Å². The van der Waals surface area contributed by atoms with Crippen LogP contribution in [0.25, 0.3) is 11.1 Å². The van der Waals surface area contributed by atoms with E-state index in [0.717, 1.165) is 12.8 Å². The van der Waals surface area contributed by atoms with Crippen LogP contribution in [0.1, 0.15) is 30.9 Å². The number of carbonyl (C=O) groups excluding carboxylic acids is 1. The second-order valence-electron chi connectivity index (χ2n) is 5.00. The second kappa shape index (κ2) is 5.27. The molecule has 1 heterocycles. The molecule has 19 heavy (non-hydrogen) atoms. The second-order valence-corrected chi connectivity index (χ2v) is 5.00. The molecule has 1 fully saturated rings. The average Bonchev–Trinajstić information content (AvgIpc) is 2.48. The largest absolute Gasteiger partial charge is 0.349 e. The number of hydrogen-bond acceptors (Lipinski definition) is 1. The zero-order chi connectivity index (χ0) is 13.1. The summed E-state index contributed by atoms with van der Waals surface area (Å²) in [5, 5.41) is 3.05. The number of benzene rings is 2. The van der Waals surface area contributed by atoms with Gasteiger partial charge in [0.1, 0.15) is 0 Å². The Morgan fingerprint density at radius 1 is 0.895 bits per heavy atom. The van der Waals surface area contributed by atoms with Gasteiger partial charge in [0, 0.05) is 6.42 Å².